The van der Waals surface area contributed by atoms with E-state index in [0.29, 0.717) is 17.5 Å². The molecular formula is C43H29N3Se. The molecule has 222 valence electrons. The van der Waals surface area contributed by atoms with Gasteiger partial charge >= 0.3 is 236 Å². The number of benzene rings is 7. The summed E-state index contributed by atoms with van der Waals surface area (Å²) in [4.78, 5) is 15.1. The fraction of sp³-hybridized carbons (Fsp3) is 0. The fourth-order valence-electron chi connectivity index (χ4n) is 6.14. The van der Waals surface area contributed by atoms with Crippen molar-refractivity contribution in [2.75, 3.05) is 0 Å². The molecule has 0 aliphatic rings. The molecule has 0 amide bonds. The monoisotopic (exact) mass is 667 g/mol. The molecule has 47 heavy (non-hydrogen) atoms. The quantitative estimate of drug-likeness (QED) is 0.166. The van der Waals surface area contributed by atoms with E-state index in [1.54, 1.807) is 0 Å². The minimum atomic E-state index is 0.644. The van der Waals surface area contributed by atoms with Gasteiger partial charge in [-0.3, -0.25) is 0 Å². The summed E-state index contributed by atoms with van der Waals surface area (Å²) in [6.07, 6.45) is 0. The summed E-state index contributed by atoms with van der Waals surface area (Å²) >= 11 is 2.80. The Bertz CT molecular complexity index is 2340. The molecule has 4 heteroatoms. The van der Waals surface area contributed by atoms with Crippen LogP contribution < -0.4 is 4.46 Å². The summed E-state index contributed by atoms with van der Waals surface area (Å²) in [5.41, 5.74) is 9.97. The predicted molar refractivity (Wildman–Crippen MR) is 197 cm³/mol. The Kier molecular flexibility index (Phi) is 7.72. The van der Waals surface area contributed by atoms with Gasteiger partial charge in [0.05, 0.1) is 0 Å². The first-order valence-corrected chi connectivity index (χ1v) is 16.5. The van der Waals surface area contributed by atoms with E-state index in [0.717, 1.165) is 33.0 Å². The van der Waals surface area contributed by atoms with E-state index >= 15 is 0 Å². The predicted octanol–water partition coefficient (Wildman–Crippen LogP) is 9.55. The third-order valence-corrected chi connectivity index (χ3v) is 9.50. The van der Waals surface area contributed by atoms with Gasteiger partial charge in [-0.1, -0.05) is 36.4 Å². The zero-order chi connectivity index (χ0) is 31.6. The van der Waals surface area contributed by atoms with Gasteiger partial charge in [0.25, 0.3) is 0 Å². The van der Waals surface area contributed by atoms with Crippen molar-refractivity contribution in [3.8, 4) is 67.5 Å². The number of aromatic nitrogens is 3. The Morgan fingerprint density at radius 1 is 0.277 bits per heavy atom. The number of hydrogen-bond acceptors (Lipinski definition) is 3. The first-order chi connectivity index (χ1) is 23.2. The Morgan fingerprint density at radius 2 is 0.681 bits per heavy atom. The van der Waals surface area contributed by atoms with Crippen LogP contribution in [0.2, 0.25) is 0 Å². The van der Waals surface area contributed by atoms with Crippen molar-refractivity contribution < 1.29 is 0 Å². The first-order valence-electron chi connectivity index (χ1n) is 15.6. The van der Waals surface area contributed by atoms with Crippen molar-refractivity contribution >= 4 is 31.2 Å². The average Bonchev–Trinajstić information content (AvgIpc) is 3.15. The van der Waals surface area contributed by atoms with Crippen LogP contribution in [0.5, 0.6) is 0 Å². The fourth-order valence-corrected chi connectivity index (χ4v) is 6.97. The van der Waals surface area contributed by atoms with E-state index in [1.165, 1.54) is 32.3 Å². The van der Waals surface area contributed by atoms with E-state index in [4.69, 9.17) is 15.0 Å². The molecule has 0 aliphatic carbocycles. The molecule has 7 aromatic carbocycles. The zero-order valence-corrected chi connectivity index (χ0v) is 27.3. The molecule has 0 atom stereocenters. The maximum atomic E-state index is 5.10. The third kappa shape index (κ3) is 5.66. The molecule has 0 spiro atoms. The van der Waals surface area contributed by atoms with Gasteiger partial charge < -0.3 is 0 Å². The van der Waals surface area contributed by atoms with Gasteiger partial charge in [0.1, 0.15) is 0 Å². The van der Waals surface area contributed by atoms with Crippen LogP contribution in [0.4, 0.5) is 0 Å². The Balaban J connectivity index is 1.28. The van der Waals surface area contributed by atoms with Crippen molar-refractivity contribution in [2.45, 2.75) is 0 Å². The number of nitrogens with zero attached hydrogens (tertiary/aromatic N) is 3. The van der Waals surface area contributed by atoms with Crippen molar-refractivity contribution in [1.29, 1.82) is 0 Å². The summed E-state index contributed by atoms with van der Waals surface area (Å²) in [5.74, 6) is 1.94. The van der Waals surface area contributed by atoms with Gasteiger partial charge in [0.2, 0.25) is 0 Å². The molecule has 0 N–H and O–H groups in total. The standard InChI is InChI=1S/C43H29N3Se/c47-40-34(31-15-6-2-7-16-31)19-10-23-38(40)36-21-11-22-37-35(36)20-12-24-39(37)43-45-41(32-17-8-3-9-18-32)44-42(46-43)33-27-25-30(26-28-33)29-13-4-1-5-14-29/h1-28,47H. The Labute approximate surface area is 282 Å². The molecular weight excluding hydrogens is 637 g/mol. The van der Waals surface area contributed by atoms with Gasteiger partial charge in [-0.2, -0.15) is 0 Å². The number of rotatable bonds is 6. The van der Waals surface area contributed by atoms with Crippen molar-refractivity contribution in [3.05, 3.63) is 170 Å². The SMILES string of the molecule is [SeH]c1c(-c2ccccc2)cccc1-c1cccc2c(-c3nc(-c4ccccc4)nc(-c4ccc(-c5ccccc5)cc4)n3)cccc12. The van der Waals surface area contributed by atoms with Crippen LogP contribution in [0.25, 0.3) is 78.3 Å². The van der Waals surface area contributed by atoms with Crippen LogP contribution in [0.1, 0.15) is 0 Å². The van der Waals surface area contributed by atoms with E-state index in [-0.39, 0.29) is 0 Å². The summed E-state index contributed by atoms with van der Waals surface area (Å²) in [6, 6.07) is 59.0. The number of fused-ring (bicyclic) bond motifs is 1. The second-order valence-electron chi connectivity index (χ2n) is 11.4. The van der Waals surface area contributed by atoms with Crippen LogP contribution in [-0.2, 0) is 0 Å². The van der Waals surface area contributed by atoms with E-state index < -0.39 is 0 Å². The molecule has 0 saturated heterocycles. The third-order valence-electron chi connectivity index (χ3n) is 8.49. The van der Waals surface area contributed by atoms with Crippen LogP contribution in [0, 0.1) is 0 Å². The van der Waals surface area contributed by atoms with Gasteiger partial charge in [-0.15, -0.1) is 0 Å². The molecule has 3 nitrogen and oxygen atoms in total. The molecule has 0 fully saturated rings. The van der Waals surface area contributed by atoms with E-state index in [1.807, 2.05) is 36.4 Å². The van der Waals surface area contributed by atoms with Crippen LogP contribution in [0.15, 0.2) is 170 Å². The summed E-state index contributed by atoms with van der Waals surface area (Å²) < 4.78 is 1.19. The topological polar surface area (TPSA) is 38.7 Å². The molecule has 0 unspecified atom stereocenters. The number of hydrogen-bond donors (Lipinski definition) is 0. The summed E-state index contributed by atoms with van der Waals surface area (Å²) in [5, 5.41) is 2.25. The van der Waals surface area contributed by atoms with Crippen molar-refractivity contribution in [1.82, 2.24) is 15.0 Å². The zero-order valence-electron chi connectivity index (χ0n) is 25.5. The molecule has 1 heterocycles. The maximum absolute atomic E-state index is 5.10. The molecule has 8 aromatic rings. The van der Waals surface area contributed by atoms with Gasteiger partial charge in [-0.25, -0.2) is 0 Å². The summed E-state index contributed by atoms with van der Waals surface area (Å²) in [6.45, 7) is 0. The van der Waals surface area contributed by atoms with E-state index in [2.05, 4.69) is 149 Å². The van der Waals surface area contributed by atoms with Gasteiger partial charge in [0, 0.05) is 0 Å². The second-order valence-corrected chi connectivity index (χ2v) is 12.3. The van der Waals surface area contributed by atoms with Gasteiger partial charge in [0.15, 0.2) is 0 Å². The average molecular weight is 667 g/mol. The Morgan fingerprint density at radius 3 is 1.32 bits per heavy atom. The second kappa shape index (κ2) is 12.6. The molecule has 1 aromatic heterocycles. The van der Waals surface area contributed by atoms with Gasteiger partial charge in [-0.05, 0) is 11.1 Å². The molecule has 0 radical (unpaired) electrons. The van der Waals surface area contributed by atoms with Crippen LogP contribution in [0.3, 0.4) is 0 Å². The van der Waals surface area contributed by atoms with Crippen molar-refractivity contribution in [3.63, 3.8) is 0 Å². The molecule has 0 saturated carbocycles. The van der Waals surface area contributed by atoms with Crippen LogP contribution >= 0.6 is 0 Å². The normalized spacial score (nSPS) is 11.1. The first kappa shape index (κ1) is 28.8. The van der Waals surface area contributed by atoms with Crippen molar-refractivity contribution in [2.24, 2.45) is 0 Å². The Hall–Kier alpha value is -5.67. The minimum absolute atomic E-state index is 0.644. The van der Waals surface area contributed by atoms with Crippen LogP contribution in [-0.4, -0.2) is 31.0 Å². The summed E-state index contributed by atoms with van der Waals surface area (Å²) in [7, 11) is 0. The molecule has 0 bridgehead atoms. The van der Waals surface area contributed by atoms with E-state index in [9.17, 15) is 0 Å². The molecule has 8 rings (SSSR count). The molecule has 0 aliphatic heterocycles.